The van der Waals surface area contributed by atoms with Gasteiger partial charge >= 0.3 is 0 Å². The van der Waals surface area contributed by atoms with Crippen molar-refractivity contribution < 1.29 is 22.7 Å². The minimum absolute atomic E-state index is 0.170. The molecule has 146 valence electrons. The van der Waals surface area contributed by atoms with Gasteiger partial charge in [0, 0.05) is 26.7 Å². The number of likely N-dealkylation sites (N-methyl/N-ethyl adjacent to an activating group) is 1. The molecule has 0 bridgehead atoms. The molecule has 0 unspecified atom stereocenters. The van der Waals surface area contributed by atoms with Crippen LogP contribution in [0.3, 0.4) is 0 Å². The van der Waals surface area contributed by atoms with E-state index in [2.05, 4.69) is 14.9 Å². The summed E-state index contributed by atoms with van der Waals surface area (Å²) in [6.45, 7) is 6.10. The van der Waals surface area contributed by atoms with Gasteiger partial charge in [0.25, 0.3) is 5.91 Å². The number of nitrogens with zero attached hydrogens (tertiary/aromatic N) is 1. The Hall–Kier alpha value is -1.68. The zero-order valence-electron chi connectivity index (χ0n) is 15.2. The summed E-state index contributed by atoms with van der Waals surface area (Å²) in [4.78, 5) is 13.9. The number of benzene rings is 1. The molecule has 0 saturated carbocycles. The fourth-order valence-electron chi connectivity index (χ4n) is 2.58. The Kier molecular flexibility index (Phi) is 7.83. The molecule has 1 aromatic rings. The molecule has 0 aliphatic carbocycles. The highest BCUT2D eigenvalue weighted by atomic mass is 32.2. The molecular weight excluding hydrogens is 358 g/mol. The van der Waals surface area contributed by atoms with E-state index in [0.29, 0.717) is 12.3 Å². The van der Waals surface area contributed by atoms with Gasteiger partial charge < -0.3 is 14.8 Å². The summed E-state index contributed by atoms with van der Waals surface area (Å²) in [6, 6.07) is 6.02. The number of hydrogen-bond donors (Lipinski definition) is 2. The highest BCUT2D eigenvalue weighted by molar-refractivity contribution is 7.89. The average Bonchev–Trinajstić information content (AvgIpc) is 2.66. The maximum atomic E-state index is 12.3. The van der Waals surface area contributed by atoms with Crippen molar-refractivity contribution >= 4 is 15.9 Å². The Morgan fingerprint density at radius 1 is 1.27 bits per heavy atom. The van der Waals surface area contributed by atoms with Crippen LogP contribution in [-0.4, -0.2) is 71.8 Å². The SMILES string of the molecule is CNC(=O)[C@H](C)Oc1ccc(S(=O)(=O)NCCCN2CCOCC2)cc1. The zero-order chi connectivity index (χ0) is 19.0. The van der Waals surface area contributed by atoms with Gasteiger partial charge in [-0.3, -0.25) is 9.69 Å². The molecule has 0 radical (unpaired) electrons. The number of amides is 1. The number of rotatable bonds is 9. The summed E-state index contributed by atoms with van der Waals surface area (Å²) in [7, 11) is -2.03. The van der Waals surface area contributed by atoms with E-state index in [-0.39, 0.29) is 10.8 Å². The van der Waals surface area contributed by atoms with Crippen molar-refractivity contribution in [2.45, 2.75) is 24.3 Å². The van der Waals surface area contributed by atoms with Crippen molar-refractivity contribution in [3.8, 4) is 5.75 Å². The number of hydrogen-bond acceptors (Lipinski definition) is 6. The first-order valence-electron chi connectivity index (χ1n) is 8.70. The predicted octanol–water partition coefficient (Wildman–Crippen LogP) is 0.201. The molecule has 8 nitrogen and oxygen atoms in total. The lowest BCUT2D eigenvalue weighted by molar-refractivity contribution is -0.126. The van der Waals surface area contributed by atoms with Crippen LogP contribution >= 0.6 is 0 Å². The van der Waals surface area contributed by atoms with Crippen LogP contribution in [0.2, 0.25) is 0 Å². The Balaban J connectivity index is 1.81. The number of morpholine rings is 1. The summed E-state index contributed by atoms with van der Waals surface area (Å²) in [5.41, 5.74) is 0. The molecule has 1 aliphatic rings. The van der Waals surface area contributed by atoms with E-state index in [9.17, 15) is 13.2 Å². The van der Waals surface area contributed by atoms with Crippen LogP contribution in [0.4, 0.5) is 0 Å². The summed E-state index contributed by atoms with van der Waals surface area (Å²) >= 11 is 0. The van der Waals surface area contributed by atoms with Gasteiger partial charge in [-0.1, -0.05) is 0 Å². The first-order chi connectivity index (χ1) is 12.4. The molecule has 1 fully saturated rings. The van der Waals surface area contributed by atoms with Gasteiger partial charge in [-0.15, -0.1) is 0 Å². The van der Waals surface area contributed by atoms with E-state index in [1.807, 2.05) is 0 Å². The van der Waals surface area contributed by atoms with Gasteiger partial charge in [0.1, 0.15) is 5.75 Å². The standard InChI is InChI=1S/C17H27N3O5S/c1-14(17(21)18-2)25-15-4-6-16(7-5-15)26(22,23)19-8-3-9-20-10-12-24-13-11-20/h4-7,14,19H,3,8-13H2,1-2H3,(H,18,21)/t14-/m0/s1. The van der Waals surface area contributed by atoms with Crippen LogP contribution in [0.5, 0.6) is 5.75 Å². The van der Waals surface area contributed by atoms with E-state index in [4.69, 9.17) is 9.47 Å². The molecule has 26 heavy (non-hydrogen) atoms. The molecule has 1 amide bonds. The monoisotopic (exact) mass is 385 g/mol. The van der Waals surface area contributed by atoms with Crippen LogP contribution in [0.15, 0.2) is 29.2 Å². The summed E-state index contributed by atoms with van der Waals surface area (Å²) in [5.74, 6) is 0.191. The van der Waals surface area contributed by atoms with Crippen LogP contribution in [0, 0.1) is 0 Å². The van der Waals surface area contributed by atoms with Crippen LogP contribution in [-0.2, 0) is 19.6 Å². The van der Waals surface area contributed by atoms with Gasteiger partial charge in [0.2, 0.25) is 10.0 Å². The molecular formula is C17H27N3O5S. The second-order valence-corrected chi connectivity index (χ2v) is 7.82. The third kappa shape index (κ3) is 6.24. The smallest absolute Gasteiger partial charge is 0.260 e. The van der Waals surface area contributed by atoms with E-state index in [1.165, 1.54) is 19.2 Å². The average molecular weight is 385 g/mol. The Morgan fingerprint density at radius 2 is 1.92 bits per heavy atom. The maximum Gasteiger partial charge on any atom is 0.260 e. The van der Waals surface area contributed by atoms with Gasteiger partial charge in [0.05, 0.1) is 18.1 Å². The van der Waals surface area contributed by atoms with Crippen molar-refractivity contribution in [2.75, 3.05) is 46.4 Å². The van der Waals surface area contributed by atoms with Crippen molar-refractivity contribution in [3.63, 3.8) is 0 Å². The first kappa shape index (κ1) is 20.6. The molecule has 9 heteroatoms. The van der Waals surface area contributed by atoms with Crippen LogP contribution in [0.25, 0.3) is 0 Å². The van der Waals surface area contributed by atoms with Crippen molar-refractivity contribution in [2.24, 2.45) is 0 Å². The predicted molar refractivity (Wildman–Crippen MR) is 97.7 cm³/mol. The van der Waals surface area contributed by atoms with E-state index >= 15 is 0 Å². The lowest BCUT2D eigenvalue weighted by Crippen LogP contribution is -2.38. The number of nitrogens with one attached hydrogen (secondary N) is 2. The van der Waals surface area contributed by atoms with Gasteiger partial charge in [-0.2, -0.15) is 0 Å². The van der Waals surface area contributed by atoms with Crippen LogP contribution in [0.1, 0.15) is 13.3 Å². The minimum atomic E-state index is -3.56. The second-order valence-electron chi connectivity index (χ2n) is 6.05. The van der Waals surface area contributed by atoms with Crippen molar-refractivity contribution in [1.82, 2.24) is 14.9 Å². The molecule has 2 N–H and O–H groups in total. The van der Waals surface area contributed by atoms with Gasteiger partial charge in [-0.05, 0) is 44.2 Å². The Bertz CT molecular complexity index is 672. The van der Waals surface area contributed by atoms with Gasteiger partial charge in [0.15, 0.2) is 6.10 Å². The van der Waals surface area contributed by atoms with E-state index in [0.717, 1.165) is 39.3 Å². The first-order valence-corrected chi connectivity index (χ1v) is 10.2. The van der Waals surface area contributed by atoms with Crippen molar-refractivity contribution in [1.29, 1.82) is 0 Å². The Labute approximate surface area is 154 Å². The van der Waals surface area contributed by atoms with Crippen molar-refractivity contribution in [3.05, 3.63) is 24.3 Å². The third-order valence-corrected chi connectivity index (χ3v) is 5.59. The highest BCUT2D eigenvalue weighted by Crippen LogP contribution is 2.17. The Morgan fingerprint density at radius 3 is 2.54 bits per heavy atom. The molecule has 0 aromatic heterocycles. The highest BCUT2D eigenvalue weighted by Gasteiger charge is 2.16. The van der Waals surface area contributed by atoms with Gasteiger partial charge in [-0.25, -0.2) is 13.1 Å². The molecule has 1 saturated heterocycles. The molecule has 0 spiro atoms. The molecule has 1 atom stereocenters. The third-order valence-electron chi connectivity index (χ3n) is 4.11. The quantitative estimate of drug-likeness (QED) is 0.590. The fraction of sp³-hybridized carbons (Fsp3) is 0.588. The maximum absolute atomic E-state index is 12.3. The minimum Gasteiger partial charge on any atom is -0.481 e. The van der Waals surface area contributed by atoms with Crippen LogP contribution < -0.4 is 14.8 Å². The van der Waals surface area contributed by atoms with E-state index in [1.54, 1.807) is 19.1 Å². The number of carbonyl (C=O) groups excluding carboxylic acids is 1. The second kappa shape index (κ2) is 9.86. The summed E-state index contributed by atoms with van der Waals surface area (Å²) in [5, 5.41) is 2.49. The molecule has 1 heterocycles. The largest absolute Gasteiger partial charge is 0.481 e. The number of carbonyl (C=O) groups is 1. The number of sulfonamides is 1. The topological polar surface area (TPSA) is 97.0 Å². The summed E-state index contributed by atoms with van der Waals surface area (Å²) < 4.78 is 38.0. The number of ether oxygens (including phenoxy) is 2. The van der Waals surface area contributed by atoms with E-state index < -0.39 is 16.1 Å². The lowest BCUT2D eigenvalue weighted by atomic mass is 10.3. The normalized spacial score (nSPS) is 16.8. The fourth-order valence-corrected chi connectivity index (χ4v) is 3.65. The molecule has 2 rings (SSSR count). The molecule has 1 aliphatic heterocycles. The summed E-state index contributed by atoms with van der Waals surface area (Å²) in [6.07, 6.45) is 0.0881. The zero-order valence-corrected chi connectivity index (χ0v) is 16.0. The molecule has 1 aromatic carbocycles. The lowest BCUT2D eigenvalue weighted by Gasteiger charge is -2.26.